The summed E-state index contributed by atoms with van der Waals surface area (Å²) in [6.07, 6.45) is 0. The molecule has 2 aliphatic rings. The van der Waals surface area contributed by atoms with Gasteiger partial charge in [0.25, 0.3) is 0 Å². The Labute approximate surface area is 193 Å². The summed E-state index contributed by atoms with van der Waals surface area (Å²) in [5.74, 6) is 0.672. The highest BCUT2D eigenvalue weighted by Gasteiger charge is 2.55. The van der Waals surface area contributed by atoms with E-state index in [1.54, 1.807) is 38.1 Å². The molecule has 146 valence electrons. The van der Waals surface area contributed by atoms with E-state index >= 15 is 0 Å². The minimum atomic E-state index is -1.22. The lowest BCUT2D eigenvalue weighted by Gasteiger charge is -2.39. The van der Waals surface area contributed by atoms with E-state index in [0.717, 1.165) is 9.13 Å². The predicted octanol–water partition coefficient (Wildman–Crippen LogP) is 5.49. The molecule has 0 amide bonds. The number of phenols is 2. The van der Waals surface area contributed by atoms with Gasteiger partial charge in [0.05, 0.1) is 14.7 Å². The van der Waals surface area contributed by atoms with Crippen LogP contribution >= 0.6 is 45.2 Å². The zero-order valence-electron chi connectivity index (χ0n) is 15.3. The number of phenolic OH excluding ortho intramolecular Hbond substituents is 2. The van der Waals surface area contributed by atoms with E-state index < -0.39 is 11.6 Å². The maximum Gasteiger partial charge on any atom is 0.340 e. The maximum absolute atomic E-state index is 12.9. The molecule has 5 rings (SSSR count). The Balaban J connectivity index is 2.01. The lowest BCUT2D eigenvalue weighted by Crippen LogP contribution is -2.35. The largest absolute Gasteiger partial charge is 0.508 e. The van der Waals surface area contributed by atoms with Crippen LogP contribution in [0.2, 0.25) is 0 Å². The number of carbonyl (C=O) groups is 1. The Morgan fingerprint density at radius 1 is 0.897 bits per heavy atom. The van der Waals surface area contributed by atoms with Crippen LogP contribution in [0.3, 0.4) is 0 Å². The van der Waals surface area contributed by atoms with Crippen molar-refractivity contribution in [3.8, 4) is 23.0 Å². The molecule has 0 saturated carbocycles. The lowest BCUT2D eigenvalue weighted by atomic mass is 9.76. The van der Waals surface area contributed by atoms with Gasteiger partial charge < -0.3 is 19.7 Å². The van der Waals surface area contributed by atoms with Crippen molar-refractivity contribution in [3.63, 3.8) is 0 Å². The Kier molecular flexibility index (Phi) is 4.09. The summed E-state index contributed by atoms with van der Waals surface area (Å²) in [5.41, 5.74) is 2.43. The van der Waals surface area contributed by atoms with E-state index in [4.69, 9.17) is 9.47 Å². The van der Waals surface area contributed by atoms with Gasteiger partial charge in [-0.05, 0) is 77.2 Å². The van der Waals surface area contributed by atoms with Gasteiger partial charge in [0.15, 0.2) is 5.60 Å². The molecule has 0 aliphatic carbocycles. The van der Waals surface area contributed by atoms with Crippen molar-refractivity contribution in [1.29, 1.82) is 0 Å². The number of ether oxygens (including phenoxy) is 2. The third-order valence-electron chi connectivity index (χ3n) is 5.63. The van der Waals surface area contributed by atoms with Crippen LogP contribution in [0.1, 0.15) is 38.2 Å². The van der Waals surface area contributed by atoms with Crippen LogP contribution in [0.5, 0.6) is 23.0 Å². The Hall–Kier alpha value is -2.01. The Bertz CT molecular complexity index is 1250. The first kappa shape index (κ1) is 19.0. The smallest absolute Gasteiger partial charge is 0.340 e. The number of aromatic hydroxyl groups is 2. The average molecular weight is 612 g/mol. The fourth-order valence-electron chi connectivity index (χ4n) is 4.14. The normalized spacial score (nSPS) is 18.7. The van der Waals surface area contributed by atoms with Gasteiger partial charge in [-0.25, -0.2) is 4.79 Å². The summed E-state index contributed by atoms with van der Waals surface area (Å²) >= 11 is 4.25. The van der Waals surface area contributed by atoms with Crippen LogP contribution in [-0.2, 0) is 10.3 Å². The van der Waals surface area contributed by atoms with Gasteiger partial charge in [-0.3, -0.25) is 0 Å². The molecule has 2 N–H and O–H groups in total. The fourth-order valence-corrected chi connectivity index (χ4v) is 5.70. The monoisotopic (exact) mass is 612 g/mol. The Morgan fingerprint density at radius 2 is 1.62 bits per heavy atom. The summed E-state index contributed by atoms with van der Waals surface area (Å²) in [4.78, 5) is 12.9. The zero-order valence-corrected chi connectivity index (χ0v) is 19.7. The summed E-state index contributed by atoms with van der Waals surface area (Å²) < 4.78 is 13.8. The highest BCUT2D eigenvalue weighted by molar-refractivity contribution is 14.1. The zero-order chi connectivity index (χ0) is 20.7. The van der Waals surface area contributed by atoms with Gasteiger partial charge in [0.2, 0.25) is 0 Å². The highest BCUT2D eigenvalue weighted by Crippen LogP contribution is 2.60. The molecule has 0 aromatic heterocycles. The molecule has 0 saturated heterocycles. The molecular weight excluding hydrogens is 598 g/mol. The summed E-state index contributed by atoms with van der Waals surface area (Å²) in [5, 5.41) is 20.9. The van der Waals surface area contributed by atoms with E-state index in [1.165, 1.54) is 0 Å². The quantitative estimate of drug-likeness (QED) is 0.260. The van der Waals surface area contributed by atoms with Gasteiger partial charge >= 0.3 is 5.97 Å². The second-order valence-corrected chi connectivity index (χ2v) is 9.27. The standard InChI is InChI=1S/C22H14I2O5/c1-9-14(25)8-7-13-19(9)28-20-10(2)18(26)17(24)16(23)15(20)22(13)12-6-4-3-5-11(12)21(27)29-22/h3-8,25-26H,1-2H3. The van der Waals surface area contributed by atoms with Crippen molar-refractivity contribution in [2.24, 2.45) is 0 Å². The minimum Gasteiger partial charge on any atom is -0.508 e. The fraction of sp³-hybridized carbons (Fsp3) is 0.136. The van der Waals surface area contributed by atoms with Crippen LogP contribution in [0.15, 0.2) is 36.4 Å². The first-order valence-electron chi connectivity index (χ1n) is 8.83. The molecule has 2 heterocycles. The summed E-state index contributed by atoms with van der Waals surface area (Å²) in [6, 6.07) is 10.6. The molecule has 0 fully saturated rings. The summed E-state index contributed by atoms with van der Waals surface area (Å²) in [6.45, 7) is 3.52. The molecule has 0 bridgehead atoms. The molecule has 1 spiro atoms. The van der Waals surface area contributed by atoms with Crippen molar-refractivity contribution >= 4 is 51.2 Å². The van der Waals surface area contributed by atoms with Crippen LogP contribution in [0, 0.1) is 21.0 Å². The molecule has 5 nitrogen and oxygen atoms in total. The first-order valence-corrected chi connectivity index (χ1v) is 11.0. The van der Waals surface area contributed by atoms with Crippen LogP contribution in [-0.4, -0.2) is 16.2 Å². The van der Waals surface area contributed by atoms with E-state index in [9.17, 15) is 15.0 Å². The topological polar surface area (TPSA) is 76.0 Å². The minimum absolute atomic E-state index is 0.0852. The van der Waals surface area contributed by atoms with Crippen molar-refractivity contribution < 1.29 is 24.5 Å². The van der Waals surface area contributed by atoms with Crippen LogP contribution in [0.25, 0.3) is 0 Å². The van der Waals surface area contributed by atoms with Crippen molar-refractivity contribution in [1.82, 2.24) is 0 Å². The molecule has 1 atom stereocenters. The van der Waals surface area contributed by atoms with Crippen molar-refractivity contribution in [3.05, 3.63) is 76.9 Å². The van der Waals surface area contributed by atoms with E-state index in [1.807, 2.05) is 12.1 Å². The lowest BCUT2D eigenvalue weighted by molar-refractivity contribution is 0.0220. The number of halogens is 2. The maximum atomic E-state index is 12.9. The second-order valence-electron chi connectivity index (χ2n) is 7.11. The molecular formula is C22H14I2O5. The molecule has 3 aromatic rings. The highest BCUT2D eigenvalue weighted by atomic mass is 127. The SMILES string of the molecule is Cc1c(O)ccc2c1Oc1c(C)c(O)c(I)c(I)c1C21OC(=O)c2ccccc21. The summed E-state index contributed by atoms with van der Waals surface area (Å²) in [7, 11) is 0. The van der Waals surface area contributed by atoms with Gasteiger partial charge in [-0.2, -0.15) is 0 Å². The average Bonchev–Trinajstić information content (AvgIpc) is 3.01. The Morgan fingerprint density at radius 3 is 2.38 bits per heavy atom. The third-order valence-corrected chi connectivity index (χ3v) is 8.79. The number of fused-ring (bicyclic) bond motifs is 6. The molecule has 2 aliphatic heterocycles. The van der Waals surface area contributed by atoms with E-state index in [-0.39, 0.29) is 11.5 Å². The van der Waals surface area contributed by atoms with Gasteiger partial charge in [0.1, 0.15) is 23.0 Å². The van der Waals surface area contributed by atoms with E-state index in [0.29, 0.717) is 42.9 Å². The number of hydrogen-bond donors (Lipinski definition) is 2. The van der Waals surface area contributed by atoms with Gasteiger partial charge in [-0.1, -0.05) is 18.2 Å². The van der Waals surface area contributed by atoms with Crippen LogP contribution < -0.4 is 4.74 Å². The number of rotatable bonds is 0. The number of esters is 1. The third kappa shape index (κ3) is 2.28. The van der Waals surface area contributed by atoms with Gasteiger partial charge in [-0.15, -0.1) is 0 Å². The number of carbonyl (C=O) groups excluding carboxylic acids is 1. The second kappa shape index (κ2) is 6.24. The number of benzene rings is 3. The predicted molar refractivity (Wildman–Crippen MR) is 123 cm³/mol. The van der Waals surface area contributed by atoms with Crippen molar-refractivity contribution in [2.75, 3.05) is 0 Å². The molecule has 3 aromatic carbocycles. The molecule has 0 radical (unpaired) electrons. The molecule has 29 heavy (non-hydrogen) atoms. The molecule has 7 heteroatoms. The van der Waals surface area contributed by atoms with Gasteiger partial charge in [0, 0.05) is 25.8 Å². The van der Waals surface area contributed by atoms with Crippen molar-refractivity contribution in [2.45, 2.75) is 19.4 Å². The van der Waals surface area contributed by atoms with E-state index in [2.05, 4.69) is 45.2 Å². The number of hydrogen-bond acceptors (Lipinski definition) is 5. The molecule has 1 unspecified atom stereocenters. The first-order chi connectivity index (χ1) is 13.8. The van der Waals surface area contributed by atoms with Crippen LogP contribution in [0.4, 0.5) is 0 Å².